The van der Waals surface area contributed by atoms with Crippen LogP contribution in [0.25, 0.3) is 5.69 Å². The quantitative estimate of drug-likeness (QED) is 0.737. The highest BCUT2D eigenvalue weighted by atomic mass is 32.1. The van der Waals surface area contributed by atoms with Crippen LogP contribution < -0.4 is 10.6 Å². The number of nitrogens with zero attached hydrogens (tertiary/aromatic N) is 2. The van der Waals surface area contributed by atoms with Gasteiger partial charge in [0.1, 0.15) is 0 Å². The third-order valence-electron chi connectivity index (χ3n) is 3.67. The summed E-state index contributed by atoms with van der Waals surface area (Å²) in [6.07, 6.45) is 5.35. The monoisotopic (exact) mass is 354 g/mol. The number of imidazole rings is 1. The average Bonchev–Trinajstić information content (AvgIpc) is 3.26. The molecule has 0 saturated heterocycles. The van der Waals surface area contributed by atoms with Gasteiger partial charge in [-0.15, -0.1) is 11.3 Å². The van der Waals surface area contributed by atoms with Crippen LogP contribution in [0.2, 0.25) is 0 Å². The number of carbonyl (C=O) groups is 2. The second-order valence-corrected chi connectivity index (χ2v) is 6.69. The molecule has 1 aromatic carbocycles. The third kappa shape index (κ3) is 4.13. The molecule has 0 aliphatic heterocycles. The molecule has 128 valence electrons. The molecule has 3 aromatic rings. The highest BCUT2D eigenvalue weighted by molar-refractivity contribution is 7.18. The number of amides is 2. The van der Waals surface area contributed by atoms with E-state index in [1.54, 1.807) is 24.7 Å². The molecule has 6 nitrogen and oxygen atoms in total. The van der Waals surface area contributed by atoms with E-state index in [2.05, 4.69) is 15.6 Å². The van der Waals surface area contributed by atoms with Gasteiger partial charge in [0.05, 0.1) is 22.2 Å². The molecule has 0 aliphatic rings. The molecule has 0 fully saturated rings. The highest BCUT2D eigenvalue weighted by Gasteiger charge is 2.14. The van der Waals surface area contributed by atoms with Crippen molar-refractivity contribution in [2.45, 2.75) is 19.9 Å². The first-order valence-electron chi connectivity index (χ1n) is 7.79. The Morgan fingerprint density at radius 1 is 1.16 bits per heavy atom. The summed E-state index contributed by atoms with van der Waals surface area (Å²) in [5, 5.41) is 6.31. The van der Waals surface area contributed by atoms with Crippen molar-refractivity contribution in [2.75, 3.05) is 5.32 Å². The van der Waals surface area contributed by atoms with Gasteiger partial charge in [-0.25, -0.2) is 4.98 Å². The van der Waals surface area contributed by atoms with E-state index in [0.717, 1.165) is 11.3 Å². The molecule has 0 saturated carbocycles. The number of carbonyl (C=O) groups excluding carboxylic acids is 2. The maximum atomic E-state index is 12.4. The number of benzene rings is 1. The SMILES string of the molecule is CC(=O)Nc1ccc(C(=O)N[C@H](C)c2ccc(-n3ccnc3)cc2)s1. The van der Waals surface area contributed by atoms with Gasteiger partial charge >= 0.3 is 0 Å². The Kier molecular flexibility index (Phi) is 4.95. The zero-order chi connectivity index (χ0) is 17.8. The fourth-order valence-electron chi connectivity index (χ4n) is 2.40. The normalized spacial score (nSPS) is 11.8. The second-order valence-electron chi connectivity index (χ2n) is 5.60. The fourth-order valence-corrected chi connectivity index (χ4v) is 3.25. The number of rotatable bonds is 5. The molecule has 25 heavy (non-hydrogen) atoms. The van der Waals surface area contributed by atoms with E-state index in [1.165, 1.54) is 18.3 Å². The largest absolute Gasteiger partial charge is 0.345 e. The molecule has 2 aromatic heterocycles. The second kappa shape index (κ2) is 7.31. The minimum absolute atomic E-state index is 0.129. The van der Waals surface area contributed by atoms with Crippen LogP contribution in [0.4, 0.5) is 5.00 Å². The van der Waals surface area contributed by atoms with Crippen molar-refractivity contribution in [3.8, 4) is 5.69 Å². The summed E-state index contributed by atoms with van der Waals surface area (Å²) < 4.78 is 1.92. The van der Waals surface area contributed by atoms with Crippen LogP contribution in [-0.4, -0.2) is 21.4 Å². The van der Waals surface area contributed by atoms with Gasteiger partial charge in [-0.1, -0.05) is 12.1 Å². The number of nitrogens with one attached hydrogen (secondary N) is 2. The van der Waals surface area contributed by atoms with Crippen LogP contribution >= 0.6 is 11.3 Å². The molecule has 0 unspecified atom stereocenters. The molecule has 1 atom stereocenters. The van der Waals surface area contributed by atoms with Crippen LogP contribution in [0.3, 0.4) is 0 Å². The van der Waals surface area contributed by atoms with Gasteiger partial charge in [-0.2, -0.15) is 0 Å². The molecule has 2 amide bonds. The van der Waals surface area contributed by atoms with E-state index >= 15 is 0 Å². The van der Waals surface area contributed by atoms with Crippen molar-refractivity contribution >= 4 is 28.2 Å². The molecule has 2 heterocycles. The van der Waals surface area contributed by atoms with E-state index in [9.17, 15) is 9.59 Å². The van der Waals surface area contributed by atoms with E-state index in [0.29, 0.717) is 9.88 Å². The van der Waals surface area contributed by atoms with E-state index in [4.69, 9.17) is 0 Å². The summed E-state index contributed by atoms with van der Waals surface area (Å²) in [5.74, 6) is -0.312. The molecule has 0 radical (unpaired) electrons. The first kappa shape index (κ1) is 16.9. The van der Waals surface area contributed by atoms with Gasteiger partial charge in [0.15, 0.2) is 0 Å². The van der Waals surface area contributed by atoms with Crippen molar-refractivity contribution in [1.82, 2.24) is 14.9 Å². The number of aromatic nitrogens is 2. The molecular formula is C18H18N4O2S. The Morgan fingerprint density at radius 2 is 1.92 bits per heavy atom. The molecule has 2 N–H and O–H groups in total. The molecule has 0 bridgehead atoms. The van der Waals surface area contributed by atoms with Gasteiger partial charge < -0.3 is 15.2 Å². The van der Waals surface area contributed by atoms with Crippen molar-refractivity contribution in [3.05, 3.63) is 65.6 Å². The zero-order valence-electron chi connectivity index (χ0n) is 13.9. The standard InChI is InChI=1S/C18H18N4O2S/c1-12(14-3-5-15(6-4-14)22-10-9-19-11-22)20-18(24)16-7-8-17(25-16)21-13(2)23/h3-12H,1-2H3,(H,20,24)(H,21,23)/t12-/m1/s1. The van der Waals surface area contributed by atoms with Crippen molar-refractivity contribution < 1.29 is 9.59 Å². The van der Waals surface area contributed by atoms with Crippen LogP contribution in [0.5, 0.6) is 0 Å². The molecule has 7 heteroatoms. The topological polar surface area (TPSA) is 76.0 Å². The van der Waals surface area contributed by atoms with Gasteiger partial charge in [0, 0.05) is 25.0 Å². The summed E-state index contributed by atoms with van der Waals surface area (Å²) in [6, 6.07) is 11.2. The number of anilines is 1. The Balaban J connectivity index is 1.65. The van der Waals surface area contributed by atoms with Gasteiger partial charge in [-0.05, 0) is 36.8 Å². The molecule has 3 rings (SSSR count). The lowest BCUT2D eigenvalue weighted by Crippen LogP contribution is -2.25. The number of thiophene rings is 1. The summed E-state index contributed by atoms with van der Waals surface area (Å²) in [4.78, 5) is 28.0. The van der Waals surface area contributed by atoms with Gasteiger partial charge in [-0.3, -0.25) is 9.59 Å². The molecule has 0 aliphatic carbocycles. The summed E-state index contributed by atoms with van der Waals surface area (Å²) >= 11 is 1.25. The Morgan fingerprint density at radius 3 is 2.56 bits per heavy atom. The van der Waals surface area contributed by atoms with E-state index < -0.39 is 0 Å². The number of hydrogen-bond donors (Lipinski definition) is 2. The lowest BCUT2D eigenvalue weighted by Gasteiger charge is -2.14. The third-order valence-corrected chi connectivity index (χ3v) is 4.67. The van der Waals surface area contributed by atoms with Gasteiger partial charge in [0.25, 0.3) is 5.91 Å². The molecular weight excluding hydrogens is 336 g/mol. The van der Waals surface area contributed by atoms with Crippen LogP contribution in [0.15, 0.2) is 55.1 Å². The lowest BCUT2D eigenvalue weighted by molar-refractivity contribution is -0.114. The lowest BCUT2D eigenvalue weighted by atomic mass is 10.1. The van der Waals surface area contributed by atoms with Crippen LogP contribution in [0, 0.1) is 0 Å². The summed E-state index contributed by atoms with van der Waals surface area (Å²) in [6.45, 7) is 3.38. The minimum Gasteiger partial charge on any atom is -0.345 e. The predicted octanol–water partition coefficient (Wildman–Crippen LogP) is 3.38. The fraction of sp³-hybridized carbons (Fsp3) is 0.167. The molecule has 0 spiro atoms. The van der Waals surface area contributed by atoms with Crippen molar-refractivity contribution in [3.63, 3.8) is 0 Å². The predicted molar refractivity (Wildman–Crippen MR) is 98.1 cm³/mol. The maximum absolute atomic E-state index is 12.4. The summed E-state index contributed by atoms with van der Waals surface area (Å²) in [5.41, 5.74) is 2.02. The smallest absolute Gasteiger partial charge is 0.261 e. The Labute approximate surface area is 149 Å². The zero-order valence-corrected chi connectivity index (χ0v) is 14.7. The Hall–Kier alpha value is -2.93. The average molecular weight is 354 g/mol. The summed E-state index contributed by atoms with van der Waals surface area (Å²) in [7, 11) is 0. The first-order chi connectivity index (χ1) is 12.0. The van der Waals surface area contributed by atoms with E-state index in [1.807, 2.05) is 42.0 Å². The minimum atomic E-state index is -0.159. The van der Waals surface area contributed by atoms with E-state index in [-0.39, 0.29) is 17.9 Å². The van der Waals surface area contributed by atoms with Gasteiger partial charge in [0.2, 0.25) is 5.91 Å². The van der Waals surface area contributed by atoms with Crippen molar-refractivity contribution in [1.29, 1.82) is 0 Å². The number of hydrogen-bond acceptors (Lipinski definition) is 4. The van der Waals surface area contributed by atoms with Crippen molar-refractivity contribution in [2.24, 2.45) is 0 Å². The first-order valence-corrected chi connectivity index (χ1v) is 8.61. The highest BCUT2D eigenvalue weighted by Crippen LogP contribution is 2.23. The maximum Gasteiger partial charge on any atom is 0.261 e. The van der Waals surface area contributed by atoms with Crippen LogP contribution in [0.1, 0.15) is 35.1 Å². The Bertz CT molecular complexity index is 869. The van der Waals surface area contributed by atoms with Crippen LogP contribution in [-0.2, 0) is 4.79 Å².